The van der Waals surface area contributed by atoms with Crippen LogP contribution in [0.1, 0.15) is 36.0 Å². The lowest BCUT2D eigenvalue weighted by molar-refractivity contribution is -0.142. The number of carboxylic acid groups (broad SMARTS) is 1. The standard InChI is InChI=1S/C17H17NO5/c19-15(18-12-7-5-10(6-8-12)16(20)21)13-9-11-3-1-2-4-14(11)23-17(13)22/h1-4,9-10,12H,5-8H2,(H,18,19)(H,20,21). The summed E-state index contributed by atoms with van der Waals surface area (Å²) in [6.07, 6.45) is 2.27. The van der Waals surface area contributed by atoms with Crippen LogP contribution in [0.25, 0.3) is 11.0 Å². The first-order valence-electron chi connectivity index (χ1n) is 7.61. The van der Waals surface area contributed by atoms with E-state index in [0.29, 0.717) is 36.7 Å². The summed E-state index contributed by atoms with van der Waals surface area (Å²) < 4.78 is 5.16. The van der Waals surface area contributed by atoms with Gasteiger partial charge in [-0.1, -0.05) is 18.2 Å². The van der Waals surface area contributed by atoms with Crippen LogP contribution in [0.3, 0.4) is 0 Å². The van der Waals surface area contributed by atoms with Gasteiger partial charge >= 0.3 is 11.6 Å². The van der Waals surface area contributed by atoms with Crippen LogP contribution < -0.4 is 10.9 Å². The molecule has 0 aliphatic heterocycles. The largest absolute Gasteiger partial charge is 0.481 e. The number of para-hydroxylation sites is 1. The van der Waals surface area contributed by atoms with Gasteiger partial charge in [-0.25, -0.2) is 4.79 Å². The van der Waals surface area contributed by atoms with E-state index in [1.165, 1.54) is 6.07 Å². The van der Waals surface area contributed by atoms with E-state index in [4.69, 9.17) is 9.52 Å². The molecule has 1 fully saturated rings. The number of carboxylic acids is 1. The quantitative estimate of drug-likeness (QED) is 0.846. The number of amides is 1. The van der Waals surface area contributed by atoms with Gasteiger partial charge in [0.25, 0.3) is 5.91 Å². The van der Waals surface area contributed by atoms with E-state index in [0.717, 1.165) is 0 Å². The van der Waals surface area contributed by atoms with Gasteiger partial charge in [0, 0.05) is 11.4 Å². The fraction of sp³-hybridized carbons (Fsp3) is 0.353. The third-order valence-corrected chi connectivity index (χ3v) is 4.30. The molecule has 2 N–H and O–H groups in total. The summed E-state index contributed by atoms with van der Waals surface area (Å²) in [5.41, 5.74) is -0.250. The highest BCUT2D eigenvalue weighted by molar-refractivity contribution is 5.96. The first-order chi connectivity index (χ1) is 11.0. The molecule has 1 aliphatic carbocycles. The number of carbonyl (C=O) groups is 2. The number of nitrogens with one attached hydrogen (secondary N) is 1. The number of benzene rings is 1. The van der Waals surface area contributed by atoms with Gasteiger partial charge in [-0.05, 0) is 37.8 Å². The summed E-state index contributed by atoms with van der Waals surface area (Å²) in [7, 11) is 0. The summed E-state index contributed by atoms with van der Waals surface area (Å²) in [4.78, 5) is 35.2. The maximum absolute atomic E-state index is 12.3. The molecular weight excluding hydrogens is 298 g/mol. The molecule has 1 saturated carbocycles. The highest BCUT2D eigenvalue weighted by Gasteiger charge is 2.27. The monoisotopic (exact) mass is 315 g/mol. The molecule has 23 heavy (non-hydrogen) atoms. The maximum atomic E-state index is 12.3. The van der Waals surface area contributed by atoms with Crippen molar-refractivity contribution in [3.8, 4) is 0 Å². The smallest absolute Gasteiger partial charge is 0.349 e. The molecule has 0 bridgehead atoms. The molecule has 2 aromatic rings. The van der Waals surface area contributed by atoms with E-state index in [2.05, 4.69) is 5.32 Å². The van der Waals surface area contributed by atoms with E-state index in [1.807, 2.05) is 0 Å². The van der Waals surface area contributed by atoms with E-state index >= 15 is 0 Å². The molecule has 6 heteroatoms. The molecule has 0 radical (unpaired) electrons. The minimum Gasteiger partial charge on any atom is -0.481 e. The van der Waals surface area contributed by atoms with Crippen LogP contribution >= 0.6 is 0 Å². The first kappa shape index (κ1) is 15.3. The van der Waals surface area contributed by atoms with Crippen molar-refractivity contribution in [1.82, 2.24) is 5.32 Å². The number of carbonyl (C=O) groups excluding carboxylic acids is 1. The van der Waals surface area contributed by atoms with Crippen LogP contribution in [0.2, 0.25) is 0 Å². The minimum atomic E-state index is -0.787. The Morgan fingerprint density at radius 2 is 1.83 bits per heavy atom. The molecule has 1 aromatic carbocycles. The lowest BCUT2D eigenvalue weighted by Crippen LogP contribution is -2.40. The van der Waals surface area contributed by atoms with Gasteiger partial charge in [-0.2, -0.15) is 0 Å². The molecule has 1 aliphatic rings. The normalized spacial score (nSPS) is 21.0. The highest BCUT2D eigenvalue weighted by Crippen LogP contribution is 2.24. The van der Waals surface area contributed by atoms with Gasteiger partial charge in [0.05, 0.1) is 5.92 Å². The van der Waals surface area contributed by atoms with Crippen LogP contribution in [-0.2, 0) is 4.79 Å². The average Bonchev–Trinajstić information content (AvgIpc) is 2.54. The Morgan fingerprint density at radius 1 is 1.13 bits per heavy atom. The van der Waals surface area contributed by atoms with E-state index in [-0.39, 0.29) is 17.5 Å². The van der Waals surface area contributed by atoms with Gasteiger partial charge in [-0.3, -0.25) is 9.59 Å². The van der Waals surface area contributed by atoms with Crippen LogP contribution in [0.5, 0.6) is 0 Å². The number of fused-ring (bicyclic) bond motifs is 1. The molecule has 6 nitrogen and oxygen atoms in total. The molecule has 0 unspecified atom stereocenters. The second-order valence-corrected chi connectivity index (χ2v) is 5.85. The fourth-order valence-corrected chi connectivity index (χ4v) is 2.97. The number of hydrogen-bond donors (Lipinski definition) is 2. The van der Waals surface area contributed by atoms with Gasteiger partial charge in [-0.15, -0.1) is 0 Å². The van der Waals surface area contributed by atoms with Gasteiger partial charge < -0.3 is 14.8 Å². The summed E-state index contributed by atoms with van der Waals surface area (Å²) in [5.74, 6) is -1.60. The predicted octanol–water partition coefficient (Wildman–Crippen LogP) is 2.17. The summed E-state index contributed by atoms with van der Waals surface area (Å²) in [6, 6.07) is 8.42. The Hall–Kier alpha value is -2.63. The van der Waals surface area contributed by atoms with Crippen LogP contribution in [-0.4, -0.2) is 23.0 Å². The number of rotatable bonds is 3. The second-order valence-electron chi connectivity index (χ2n) is 5.85. The SMILES string of the molecule is O=C(NC1CCC(C(=O)O)CC1)c1cc2ccccc2oc1=O. The van der Waals surface area contributed by atoms with Crippen molar-refractivity contribution >= 4 is 22.8 Å². The zero-order chi connectivity index (χ0) is 16.4. The van der Waals surface area contributed by atoms with Crippen LogP contribution in [0, 0.1) is 5.92 Å². The Kier molecular flexibility index (Phi) is 4.14. The van der Waals surface area contributed by atoms with Crippen molar-refractivity contribution in [2.75, 3.05) is 0 Å². The van der Waals surface area contributed by atoms with Crippen molar-refractivity contribution in [1.29, 1.82) is 0 Å². The van der Waals surface area contributed by atoms with E-state index in [9.17, 15) is 14.4 Å². The third-order valence-electron chi connectivity index (χ3n) is 4.30. The molecule has 0 atom stereocenters. The average molecular weight is 315 g/mol. The topological polar surface area (TPSA) is 96.6 Å². The zero-order valence-electron chi connectivity index (χ0n) is 12.5. The zero-order valence-corrected chi connectivity index (χ0v) is 12.5. The lowest BCUT2D eigenvalue weighted by Gasteiger charge is -2.26. The van der Waals surface area contributed by atoms with Crippen molar-refractivity contribution < 1.29 is 19.1 Å². The van der Waals surface area contributed by atoms with Crippen molar-refractivity contribution in [3.63, 3.8) is 0 Å². The van der Waals surface area contributed by atoms with Crippen molar-refractivity contribution in [2.45, 2.75) is 31.7 Å². The van der Waals surface area contributed by atoms with Gasteiger partial charge in [0.2, 0.25) is 0 Å². The summed E-state index contributed by atoms with van der Waals surface area (Å²) in [6.45, 7) is 0. The summed E-state index contributed by atoms with van der Waals surface area (Å²) in [5, 5.41) is 12.5. The van der Waals surface area contributed by atoms with Crippen LogP contribution in [0.15, 0.2) is 39.5 Å². The number of hydrogen-bond acceptors (Lipinski definition) is 4. The van der Waals surface area contributed by atoms with Crippen molar-refractivity contribution in [3.05, 3.63) is 46.3 Å². The van der Waals surface area contributed by atoms with Crippen LogP contribution in [0.4, 0.5) is 0 Å². The Labute approximate surface area is 132 Å². The third kappa shape index (κ3) is 3.26. The predicted molar refractivity (Wildman–Crippen MR) is 83.3 cm³/mol. The Morgan fingerprint density at radius 3 is 2.52 bits per heavy atom. The molecular formula is C17H17NO5. The summed E-state index contributed by atoms with van der Waals surface area (Å²) >= 11 is 0. The molecule has 120 valence electrons. The molecule has 1 aromatic heterocycles. The fourth-order valence-electron chi connectivity index (χ4n) is 2.97. The Balaban J connectivity index is 1.73. The highest BCUT2D eigenvalue weighted by atomic mass is 16.4. The first-order valence-corrected chi connectivity index (χ1v) is 7.61. The minimum absolute atomic E-state index is 0.0240. The number of aliphatic carboxylic acids is 1. The molecule has 1 heterocycles. The molecule has 0 spiro atoms. The molecule has 0 saturated heterocycles. The van der Waals surface area contributed by atoms with Crippen molar-refractivity contribution in [2.24, 2.45) is 5.92 Å². The molecule has 1 amide bonds. The van der Waals surface area contributed by atoms with E-state index in [1.54, 1.807) is 24.3 Å². The van der Waals surface area contributed by atoms with Gasteiger partial charge in [0.1, 0.15) is 11.1 Å². The lowest BCUT2D eigenvalue weighted by atomic mass is 9.86. The Bertz CT molecular complexity index is 802. The van der Waals surface area contributed by atoms with Gasteiger partial charge in [0.15, 0.2) is 0 Å². The maximum Gasteiger partial charge on any atom is 0.349 e. The second kappa shape index (κ2) is 6.24. The van der Waals surface area contributed by atoms with E-state index < -0.39 is 17.5 Å². The molecule has 3 rings (SSSR count).